The highest BCUT2D eigenvalue weighted by Crippen LogP contribution is 2.21. The average Bonchev–Trinajstić information content (AvgIpc) is 3.40. The summed E-state index contributed by atoms with van der Waals surface area (Å²) in [7, 11) is 0. The maximum absolute atomic E-state index is 12.1. The molecule has 0 atom stereocenters. The predicted molar refractivity (Wildman–Crippen MR) is 107 cm³/mol. The number of hydrogen-bond acceptors (Lipinski definition) is 6. The van der Waals surface area contributed by atoms with Crippen molar-refractivity contribution >= 4 is 23.3 Å². The molecule has 28 heavy (non-hydrogen) atoms. The van der Waals surface area contributed by atoms with E-state index in [0.29, 0.717) is 23.1 Å². The molecule has 0 saturated carbocycles. The lowest BCUT2D eigenvalue weighted by Gasteiger charge is -2.05. The molecule has 3 aromatic heterocycles. The minimum atomic E-state index is -0.107. The summed E-state index contributed by atoms with van der Waals surface area (Å²) in [6.45, 7) is 2.49. The number of carbonyl (C=O) groups is 1. The van der Waals surface area contributed by atoms with Crippen molar-refractivity contribution in [2.75, 3.05) is 5.75 Å². The third-order valence-corrected chi connectivity index (χ3v) is 5.18. The molecule has 4 aromatic rings. The zero-order chi connectivity index (χ0) is 19.3. The lowest BCUT2D eigenvalue weighted by atomic mass is 10.1. The molecule has 0 bridgehead atoms. The van der Waals surface area contributed by atoms with E-state index in [4.69, 9.17) is 4.42 Å². The van der Waals surface area contributed by atoms with Crippen LogP contribution in [0.5, 0.6) is 0 Å². The molecule has 0 aliphatic carbocycles. The number of nitrogens with zero attached hydrogens (tertiary/aromatic N) is 4. The second-order valence-corrected chi connectivity index (χ2v) is 7.11. The van der Waals surface area contributed by atoms with Gasteiger partial charge in [0.15, 0.2) is 5.65 Å². The molecule has 0 aliphatic heterocycles. The molecule has 0 aliphatic rings. The highest BCUT2D eigenvalue weighted by Gasteiger charge is 2.12. The maximum Gasteiger partial charge on any atom is 0.230 e. The van der Waals surface area contributed by atoms with E-state index in [1.165, 1.54) is 17.3 Å². The summed E-state index contributed by atoms with van der Waals surface area (Å²) in [5.41, 5.74) is 3.79. The van der Waals surface area contributed by atoms with Crippen LogP contribution in [0.2, 0.25) is 0 Å². The molecular formula is C20H19N5O2S. The van der Waals surface area contributed by atoms with Crippen LogP contribution in [0.3, 0.4) is 0 Å². The Balaban J connectivity index is 1.45. The van der Waals surface area contributed by atoms with E-state index in [-0.39, 0.29) is 11.7 Å². The number of hydrogen-bond donors (Lipinski definition) is 1. The molecule has 1 N–H and O–H groups in total. The van der Waals surface area contributed by atoms with Crippen LogP contribution >= 0.6 is 11.8 Å². The van der Waals surface area contributed by atoms with Crippen molar-refractivity contribution in [3.63, 3.8) is 0 Å². The van der Waals surface area contributed by atoms with Crippen LogP contribution < -0.4 is 5.32 Å². The molecule has 1 amide bonds. The molecule has 0 saturated heterocycles. The number of benzene rings is 1. The summed E-state index contributed by atoms with van der Waals surface area (Å²) in [5, 5.41) is 16.3. The molecular weight excluding hydrogens is 374 g/mol. The first-order chi connectivity index (χ1) is 13.7. The lowest BCUT2D eigenvalue weighted by Crippen LogP contribution is -2.24. The van der Waals surface area contributed by atoms with E-state index in [9.17, 15) is 4.79 Å². The summed E-state index contributed by atoms with van der Waals surface area (Å²) in [6, 6.07) is 15.7. The van der Waals surface area contributed by atoms with Crippen molar-refractivity contribution in [3.05, 3.63) is 66.1 Å². The topological polar surface area (TPSA) is 85.3 Å². The fourth-order valence-corrected chi connectivity index (χ4v) is 3.42. The Morgan fingerprint density at radius 3 is 2.75 bits per heavy atom. The van der Waals surface area contributed by atoms with Crippen LogP contribution in [-0.2, 0) is 17.8 Å². The Labute approximate surface area is 166 Å². The number of carbonyl (C=O) groups excluding carboxylic acids is 1. The van der Waals surface area contributed by atoms with Gasteiger partial charge in [0.1, 0.15) is 5.76 Å². The molecule has 1 aromatic carbocycles. The fraction of sp³-hybridized carbons (Fsp3) is 0.200. The number of aromatic nitrogens is 4. The van der Waals surface area contributed by atoms with Crippen molar-refractivity contribution in [1.82, 2.24) is 25.1 Å². The van der Waals surface area contributed by atoms with Gasteiger partial charge < -0.3 is 9.73 Å². The Morgan fingerprint density at radius 2 is 2.00 bits per heavy atom. The first kappa shape index (κ1) is 18.2. The van der Waals surface area contributed by atoms with E-state index in [2.05, 4.69) is 51.8 Å². The van der Waals surface area contributed by atoms with Crippen molar-refractivity contribution < 1.29 is 9.21 Å². The summed E-state index contributed by atoms with van der Waals surface area (Å²) in [4.78, 5) is 12.1. The summed E-state index contributed by atoms with van der Waals surface area (Å²) >= 11 is 1.30. The lowest BCUT2D eigenvalue weighted by molar-refractivity contribution is -0.118. The van der Waals surface area contributed by atoms with Crippen molar-refractivity contribution in [3.8, 4) is 11.3 Å². The van der Waals surface area contributed by atoms with Gasteiger partial charge in [-0.2, -0.15) is 9.61 Å². The molecule has 142 valence electrons. The normalized spacial score (nSPS) is 11.0. The molecule has 7 nitrogen and oxygen atoms in total. The molecule has 3 heterocycles. The summed E-state index contributed by atoms with van der Waals surface area (Å²) in [5.74, 6) is 0.828. The zero-order valence-electron chi connectivity index (χ0n) is 15.3. The molecule has 0 fully saturated rings. The van der Waals surface area contributed by atoms with Crippen LogP contribution in [0, 0.1) is 0 Å². The average molecular weight is 393 g/mol. The molecule has 0 radical (unpaired) electrons. The van der Waals surface area contributed by atoms with Gasteiger partial charge in [-0.15, -0.1) is 10.2 Å². The highest BCUT2D eigenvalue weighted by molar-refractivity contribution is 7.99. The van der Waals surface area contributed by atoms with Crippen molar-refractivity contribution in [2.45, 2.75) is 25.0 Å². The van der Waals surface area contributed by atoms with Gasteiger partial charge in [0.2, 0.25) is 11.1 Å². The maximum atomic E-state index is 12.1. The summed E-state index contributed by atoms with van der Waals surface area (Å²) in [6.07, 6.45) is 2.58. The van der Waals surface area contributed by atoms with E-state index < -0.39 is 0 Å². The molecule has 4 rings (SSSR count). The van der Waals surface area contributed by atoms with Crippen LogP contribution in [0.1, 0.15) is 18.2 Å². The second-order valence-electron chi connectivity index (χ2n) is 6.17. The third-order valence-electron chi connectivity index (χ3n) is 4.26. The second kappa shape index (κ2) is 8.26. The Morgan fingerprint density at radius 1 is 1.14 bits per heavy atom. The Kier molecular flexibility index (Phi) is 5.38. The molecule has 0 spiro atoms. The highest BCUT2D eigenvalue weighted by atomic mass is 32.2. The van der Waals surface area contributed by atoms with Gasteiger partial charge in [0.25, 0.3) is 0 Å². The Bertz CT molecular complexity index is 1070. The number of furan rings is 1. The monoisotopic (exact) mass is 393 g/mol. The quantitative estimate of drug-likeness (QED) is 0.485. The first-order valence-corrected chi connectivity index (χ1v) is 9.95. The number of thioether (sulfide) groups is 1. The van der Waals surface area contributed by atoms with Gasteiger partial charge in [0.05, 0.1) is 24.3 Å². The summed E-state index contributed by atoms with van der Waals surface area (Å²) < 4.78 is 6.88. The van der Waals surface area contributed by atoms with Gasteiger partial charge in [-0.05, 0) is 36.2 Å². The van der Waals surface area contributed by atoms with Crippen LogP contribution in [0.4, 0.5) is 0 Å². The van der Waals surface area contributed by atoms with Gasteiger partial charge >= 0.3 is 0 Å². The van der Waals surface area contributed by atoms with E-state index in [1.807, 2.05) is 18.2 Å². The standard InChI is InChI=1S/C20H19N5O2S/c1-2-14-5-7-15(8-6-14)17-9-10-18-22-23-20(25(18)24-17)28-13-19(26)21-12-16-4-3-11-27-16/h3-11H,2,12-13H2,1H3,(H,21,26). The van der Waals surface area contributed by atoms with Crippen molar-refractivity contribution in [2.24, 2.45) is 0 Å². The van der Waals surface area contributed by atoms with Gasteiger partial charge in [-0.25, -0.2) is 0 Å². The van der Waals surface area contributed by atoms with Crippen LogP contribution in [-0.4, -0.2) is 31.5 Å². The largest absolute Gasteiger partial charge is 0.467 e. The molecule has 0 unspecified atom stereocenters. The van der Waals surface area contributed by atoms with E-state index >= 15 is 0 Å². The number of amides is 1. The molecule has 8 heteroatoms. The smallest absolute Gasteiger partial charge is 0.230 e. The first-order valence-electron chi connectivity index (χ1n) is 8.96. The third kappa shape index (κ3) is 4.07. The SMILES string of the molecule is CCc1ccc(-c2ccc3nnc(SCC(=O)NCc4ccco4)n3n2)cc1. The minimum absolute atomic E-state index is 0.107. The van der Waals surface area contributed by atoms with Gasteiger partial charge in [-0.1, -0.05) is 43.0 Å². The number of aryl methyl sites for hydroxylation is 1. The van der Waals surface area contributed by atoms with Crippen LogP contribution in [0.25, 0.3) is 16.9 Å². The van der Waals surface area contributed by atoms with Crippen LogP contribution in [0.15, 0.2) is 64.4 Å². The van der Waals surface area contributed by atoms with Gasteiger partial charge in [-0.3, -0.25) is 4.79 Å². The van der Waals surface area contributed by atoms with Crippen molar-refractivity contribution in [1.29, 1.82) is 0 Å². The number of fused-ring (bicyclic) bond motifs is 1. The number of rotatable bonds is 7. The van der Waals surface area contributed by atoms with E-state index in [0.717, 1.165) is 17.7 Å². The minimum Gasteiger partial charge on any atom is -0.467 e. The number of nitrogens with one attached hydrogen (secondary N) is 1. The Hall–Kier alpha value is -3.13. The zero-order valence-corrected chi connectivity index (χ0v) is 16.1. The van der Waals surface area contributed by atoms with Gasteiger partial charge in [0, 0.05) is 5.56 Å². The fourth-order valence-electron chi connectivity index (χ4n) is 2.70. The predicted octanol–water partition coefficient (Wildman–Crippen LogP) is 3.36. The van der Waals surface area contributed by atoms with E-state index in [1.54, 1.807) is 16.8 Å².